The standard InChI is InChI=1S/C22H21N3O3/c26-22(24-19-10-3-1-4-11-19)25-23-17-18-9-7-8-14-21(18)28-16-15-27-20-12-5-2-6-13-20/h1-14,17H,15-16H2,(H2,24,25,26). The van der Waals surface area contributed by atoms with E-state index in [9.17, 15) is 4.79 Å². The molecule has 142 valence electrons. The first-order valence-electron chi connectivity index (χ1n) is 8.86. The number of para-hydroxylation sites is 3. The molecular formula is C22H21N3O3. The second kappa shape index (κ2) is 10.4. The third-order valence-corrected chi connectivity index (χ3v) is 3.67. The molecule has 2 N–H and O–H groups in total. The van der Waals surface area contributed by atoms with Gasteiger partial charge in [-0.15, -0.1) is 0 Å². The van der Waals surface area contributed by atoms with Gasteiger partial charge in [-0.25, -0.2) is 10.2 Å². The third-order valence-electron chi connectivity index (χ3n) is 3.67. The van der Waals surface area contributed by atoms with E-state index >= 15 is 0 Å². The summed E-state index contributed by atoms with van der Waals surface area (Å²) < 4.78 is 11.4. The van der Waals surface area contributed by atoms with Gasteiger partial charge in [0.15, 0.2) is 0 Å². The molecule has 0 saturated carbocycles. The first-order valence-corrected chi connectivity index (χ1v) is 8.86. The van der Waals surface area contributed by atoms with Crippen LogP contribution in [0.4, 0.5) is 10.5 Å². The molecule has 2 amide bonds. The monoisotopic (exact) mass is 375 g/mol. The van der Waals surface area contributed by atoms with Crippen LogP contribution in [-0.2, 0) is 0 Å². The van der Waals surface area contributed by atoms with Gasteiger partial charge in [-0.3, -0.25) is 0 Å². The topological polar surface area (TPSA) is 72.0 Å². The van der Waals surface area contributed by atoms with Gasteiger partial charge in [0, 0.05) is 11.3 Å². The fourth-order valence-corrected chi connectivity index (χ4v) is 2.39. The minimum atomic E-state index is -0.419. The highest BCUT2D eigenvalue weighted by Crippen LogP contribution is 2.16. The van der Waals surface area contributed by atoms with Crippen LogP contribution in [0.1, 0.15) is 5.56 Å². The van der Waals surface area contributed by atoms with Crippen LogP contribution in [0.2, 0.25) is 0 Å². The summed E-state index contributed by atoms with van der Waals surface area (Å²) in [5.41, 5.74) is 3.88. The van der Waals surface area contributed by atoms with E-state index in [0.29, 0.717) is 24.7 Å². The van der Waals surface area contributed by atoms with Crippen LogP contribution in [0.5, 0.6) is 11.5 Å². The number of nitrogens with zero attached hydrogens (tertiary/aromatic N) is 1. The molecule has 0 saturated heterocycles. The van der Waals surface area contributed by atoms with Crippen LogP contribution in [0.3, 0.4) is 0 Å². The Balaban J connectivity index is 1.47. The van der Waals surface area contributed by atoms with Gasteiger partial charge in [-0.1, -0.05) is 48.5 Å². The number of anilines is 1. The molecule has 6 heteroatoms. The number of carbonyl (C=O) groups excluding carboxylic acids is 1. The minimum Gasteiger partial charge on any atom is -0.490 e. The molecule has 0 fully saturated rings. The molecular weight excluding hydrogens is 354 g/mol. The summed E-state index contributed by atoms with van der Waals surface area (Å²) in [5, 5.41) is 6.66. The van der Waals surface area contributed by atoms with Crippen molar-refractivity contribution in [2.24, 2.45) is 5.10 Å². The highest BCUT2D eigenvalue weighted by Gasteiger charge is 2.02. The van der Waals surface area contributed by atoms with Gasteiger partial charge in [0.1, 0.15) is 24.7 Å². The molecule has 6 nitrogen and oxygen atoms in total. The summed E-state index contributed by atoms with van der Waals surface area (Å²) in [5.74, 6) is 1.46. The van der Waals surface area contributed by atoms with Crippen LogP contribution in [-0.4, -0.2) is 25.5 Å². The molecule has 0 heterocycles. The van der Waals surface area contributed by atoms with Crippen LogP contribution < -0.4 is 20.2 Å². The summed E-state index contributed by atoms with van der Waals surface area (Å²) in [6.07, 6.45) is 1.54. The summed E-state index contributed by atoms with van der Waals surface area (Å²) in [6, 6.07) is 25.7. The van der Waals surface area contributed by atoms with Gasteiger partial charge in [0.25, 0.3) is 0 Å². The number of rotatable bonds is 8. The van der Waals surface area contributed by atoms with Crippen molar-refractivity contribution in [3.63, 3.8) is 0 Å². The van der Waals surface area contributed by atoms with Gasteiger partial charge in [-0.2, -0.15) is 5.10 Å². The smallest absolute Gasteiger partial charge is 0.339 e. The van der Waals surface area contributed by atoms with Gasteiger partial charge in [0.2, 0.25) is 0 Å². The van der Waals surface area contributed by atoms with E-state index in [1.54, 1.807) is 12.1 Å². The Labute approximate surface area is 163 Å². The van der Waals surface area contributed by atoms with Gasteiger partial charge >= 0.3 is 6.03 Å². The average Bonchev–Trinajstić information content (AvgIpc) is 2.74. The lowest BCUT2D eigenvalue weighted by Crippen LogP contribution is -2.24. The number of hydrogen-bond donors (Lipinski definition) is 2. The van der Waals surface area contributed by atoms with Crippen molar-refractivity contribution >= 4 is 17.9 Å². The highest BCUT2D eigenvalue weighted by molar-refractivity contribution is 5.90. The van der Waals surface area contributed by atoms with E-state index in [1.165, 1.54) is 6.21 Å². The van der Waals surface area contributed by atoms with Gasteiger partial charge in [0.05, 0.1) is 6.21 Å². The fraction of sp³-hybridized carbons (Fsp3) is 0.0909. The number of ether oxygens (including phenoxy) is 2. The maximum Gasteiger partial charge on any atom is 0.339 e. The molecule has 0 unspecified atom stereocenters. The van der Waals surface area contributed by atoms with Crippen molar-refractivity contribution in [1.29, 1.82) is 0 Å². The number of amides is 2. The zero-order valence-electron chi connectivity index (χ0n) is 15.2. The van der Waals surface area contributed by atoms with Gasteiger partial charge in [-0.05, 0) is 36.4 Å². The lowest BCUT2D eigenvalue weighted by molar-refractivity contribution is 0.217. The summed E-state index contributed by atoms with van der Waals surface area (Å²) in [4.78, 5) is 11.8. The van der Waals surface area contributed by atoms with Crippen molar-refractivity contribution in [3.05, 3.63) is 90.5 Å². The highest BCUT2D eigenvalue weighted by atomic mass is 16.5. The predicted octanol–water partition coefficient (Wildman–Crippen LogP) is 4.30. The largest absolute Gasteiger partial charge is 0.490 e. The number of hydrazone groups is 1. The maximum absolute atomic E-state index is 11.8. The number of carbonyl (C=O) groups is 1. The van der Waals surface area contributed by atoms with Crippen LogP contribution >= 0.6 is 0 Å². The van der Waals surface area contributed by atoms with E-state index in [4.69, 9.17) is 9.47 Å². The molecule has 0 bridgehead atoms. The minimum absolute atomic E-state index is 0.391. The molecule has 3 aromatic rings. The molecule has 0 atom stereocenters. The first-order chi connectivity index (χ1) is 13.8. The molecule has 3 rings (SSSR count). The maximum atomic E-state index is 11.8. The molecule has 0 aliphatic carbocycles. The van der Waals surface area contributed by atoms with E-state index < -0.39 is 6.03 Å². The molecule has 0 spiro atoms. The molecule has 0 aliphatic heterocycles. The van der Waals surface area contributed by atoms with E-state index in [0.717, 1.165) is 11.3 Å². The van der Waals surface area contributed by atoms with Crippen molar-refractivity contribution in [1.82, 2.24) is 5.43 Å². The van der Waals surface area contributed by atoms with Crippen LogP contribution in [0.25, 0.3) is 0 Å². The van der Waals surface area contributed by atoms with Crippen LogP contribution in [0, 0.1) is 0 Å². The van der Waals surface area contributed by atoms with Crippen molar-refractivity contribution in [2.45, 2.75) is 0 Å². The Morgan fingerprint density at radius 1 is 0.821 bits per heavy atom. The molecule has 3 aromatic carbocycles. The Hall–Kier alpha value is -3.80. The second-order valence-corrected chi connectivity index (χ2v) is 5.74. The first kappa shape index (κ1) is 19.0. The number of nitrogens with one attached hydrogen (secondary N) is 2. The fourth-order valence-electron chi connectivity index (χ4n) is 2.39. The Bertz CT molecular complexity index is 899. The van der Waals surface area contributed by atoms with E-state index in [2.05, 4.69) is 15.8 Å². The summed E-state index contributed by atoms with van der Waals surface area (Å²) in [7, 11) is 0. The summed E-state index contributed by atoms with van der Waals surface area (Å²) in [6.45, 7) is 0.814. The summed E-state index contributed by atoms with van der Waals surface area (Å²) >= 11 is 0. The van der Waals surface area contributed by atoms with Crippen molar-refractivity contribution in [2.75, 3.05) is 18.5 Å². The lowest BCUT2D eigenvalue weighted by Gasteiger charge is -2.10. The van der Waals surface area contributed by atoms with E-state index in [1.807, 2.05) is 72.8 Å². The average molecular weight is 375 g/mol. The predicted molar refractivity (Wildman–Crippen MR) is 110 cm³/mol. The zero-order chi connectivity index (χ0) is 19.4. The Kier molecular flexibility index (Phi) is 7.03. The normalized spacial score (nSPS) is 10.4. The van der Waals surface area contributed by atoms with Gasteiger partial charge < -0.3 is 14.8 Å². The SMILES string of the molecule is O=C(NN=Cc1ccccc1OCCOc1ccccc1)Nc1ccccc1. The van der Waals surface area contributed by atoms with Crippen molar-refractivity contribution < 1.29 is 14.3 Å². The Morgan fingerprint density at radius 3 is 2.25 bits per heavy atom. The third kappa shape index (κ3) is 6.17. The second-order valence-electron chi connectivity index (χ2n) is 5.74. The molecule has 0 radical (unpaired) electrons. The number of benzene rings is 3. The number of urea groups is 1. The lowest BCUT2D eigenvalue weighted by atomic mass is 10.2. The van der Waals surface area contributed by atoms with E-state index in [-0.39, 0.29) is 0 Å². The van der Waals surface area contributed by atoms with Crippen molar-refractivity contribution in [3.8, 4) is 11.5 Å². The number of hydrogen-bond acceptors (Lipinski definition) is 4. The van der Waals surface area contributed by atoms with Crippen LogP contribution in [0.15, 0.2) is 90.0 Å². The quantitative estimate of drug-likeness (QED) is 0.350. The molecule has 28 heavy (non-hydrogen) atoms. The Morgan fingerprint density at radius 2 is 1.46 bits per heavy atom. The molecule has 0 aromatic heterocycles. The molecule has 0 aliphatic rings. The zero-order valence-corrected chi connectivity index (χ0v) is 15.2.